The molecule has 0 N–H and O–H groups in total. The number of anilines is 1. The Bertz CT molecular complexity index is 5080. The maximum atomic E-state index is 9.37. The Hall–Kier alpha value is -11.0. The van der Waals surface area contributed by atoms with Crippen LogP contribution in [-0.2, 0) is 101 Å². The van der Waals surface area contributed by atoms with E-state index in [1.807, 2.05) is 195 Å². The minimum absolute atomic E-state index is 0. The van der Waals surface area contributed by atoms with Gasteiger partial charge in [-0.05, 0) is 135 Å². The molecule has 0 aliphatic heterocycles. The van der Waals surface area contributed by atoms with Crippen LogP contribution in [0, 0.1) is 93.1 Å². The van der Waals surface area contributed by atoms with E-state index in [-0.39, 0.29) is 101 Å². The van der Waals surface area contributed by atoms with Crippen molar-refractivity contribution in [1.82, 2.24) is 29.9 Å². The van der Waals surface area contributed by atoms with Gasteiger partial charge < -0.3 is 39.5 Å². The molecule has 6 aromatic heterocycles. The Morgan fingerprint density at radius 1 is 0.317 bits per heavy atom. The molecule has 0 amide bonds. The molecule has 5 radical (unpaired) electrons. The summed E-state index contributed by atoms with van der Waals surface area (Å²) in [5.74, 6) is 0.737. The fourth-order valence-corrected chi connectivity index (χ4v) is 9.58. The van der Waals surface area contributed by atoms with Gasteiger partial charge in [-0.15, -0.1) is 173 Å². The molecule has 6 heterocycles. The normalized spacial score (nSPS) is 9.25. The zero-order chi connectivity index (χ0) is 69.2. The standard InChI is InChI=1S/2C18H11N2.C14H12N3.C13H9N2O.C12H7N2.C11H8N.5Ir/c19-13-14-5-4-8-17(11-14)18-12-16(9-10-20-18)15-6-2-1-3-7-15;19-13-16-12-15(18-8-4-5-11-20-18)9-10-17(16)14-6-2-1-3-7-14;1-17(2)14-11(10-15)6-5-7-12(14)13-8-3-4-9-16-13;1-16-12-5-6-15-13(8-12)11-4-2-3-10(7-11)9-14;13-9-10-4-3-5-11(8-10)12-6-1-2-7-14-12;1-2-6-10(7-3-1)11-8-4-5-9-12-11;;;;;/h1-7,9-12H;1-8,10-12H;3-6,8-9H,1-2H3;2-3,5-8H,1H3;1-4,6-8H;1-6,8-9H;;;;;/q6*-1;;;;;. The molecule has 0 fully saturated rings. The minimum atomic E-state index is 0. The first kappa shape index (κ1) is 85.4. The molecule has 18 heteroatoms. The summed E-state index contributed by atoms with van der Waals surface area (Å²) in [6.45, 7) is 0. The SMILES string of the molecule is CN(C)c1c(-c2ccccn2)[c-]ccc1C#N.COc1ccnc(-c2[c-]ccc(C#N)c2)c1.N#Cc1cc(-c2ccccn2)[c-]cc1-c1ccccc1.N#Cc1cc[c-]c(-c2cc(-c3ccccc3)ccn2)c1.N#Cc1cc[c-]c(-c2ccccn2)c1.[Ir].[Ir].[Ir].[Ir].[Ir].[c-]1ccccc1-c1ccccn1. The van der Waals surface area contributed by atoms with Gasteiger partial charge in [-0.3, -0.25) is 0 Å². The van der Waals surface area contributed by atoms with Crippen LogP contribution in [0.15, 0.2) is 298 Å². The average molecular weight is 2240 g/mol. The largest absolute Gasteiger partial charge is 0.497 e. The molecule has 0 spiro atoms. The van der Waals surface area contributed by atoms with Gasteiger partial charge in [0.1, 0.15) is 5.75 Å². The van der Waals surface area contributed by atoms with Crippen LogP contribution in [0.2, 0.25) is 0 Å². The number of pyridine rings is 6. The summed E-state index contributed by atoms with van der Waals surface area (Å²) in [6.07, 6.45) is 10.4. The van der Waals surface area contributed by atoms with Crippen molar-refractivity contribution in [3.8, 4) is 126 Å². The molecule has 0 aliphatic rings. The number of benzene rings is 8. The van der Waals surface area contributed by atoms with Crippen molar-refractivity contribution < 1.29 is 105 Å². The minimum Gasteiger partial charge on any atom is -0.497 e. The van der Waals surface area contributed by atoms with Crippen LogP contribution in [0.1, 0.15) is 27.8 Å². The molecule has 0 saturated heterocycles. The van der Waals surface area contributed by atoms with Gasteiger partial charge in [0.15, 0.2) is 0 Å². The van der Waals surface area contributed by atoms with Crippen molar-refractivity contribution in [2.75, 3.05) is 26.1 Å². The molecule has 14 aromatic rings. The molecule has 0 bridgehead atoms. The van der Waals surface area contributed by atoms with Gasteiger partial charge in [0.2, 0.25) is 0 Å². The van der Waals surface area contributed by atoms with Gasteiger partial charge in [0.25, 0.3) is 0 Å². The van der Waals surface area contributed by atoms with E-state index < -0.39 is 0 Å². The molecule has 0 unspecified atom stereocenters. The molecular formula is C86H58Ir5N12O-6. The number of hydrogen-bond acceptors (Lipinski definition) is 13. The van der Waals surface area contributed by atoms with Crippen LogP contribution in [0.5, 0.6) is 5.75 Å². The van der Waals surface area contributed by atoms with Crippen LogP contribution in [-0.4, -0.2) is 51.1 Å². The topological polar surface area (TPSA) is 209 Å². The first-order valence-electron chi connectivity index (χ1n) is 30.7. The fourth-order valence-electron chi connectivity index (χ4n) is 9.58. The van der Waals surface area contributed by atoms with Crippen molar-refractivity contribution in [3.63, 3.8) is 0 Å². The zero-order valence-corrected chi connectivity index (χ0v) is 67.7. The van der Waals surface area contributed by atoms with E-state index in [2.05, 4.69) is 109 Å². The Labute approximate surface area is 675 Å². The zero-order valence-electron chi connectivity index (χ0n) is 55.7. The van der Waals surface area contributed by atoms with Crippen LogP contribution in [0.3, 0.4) is 0 Å². The first-order chi connectivity index (χ1) is 48.7. The molecule has 13 nitrogen and oxygen atoms in total. The van der Waals surface area contributed by atoms with Gasteiger partial charge in [-0.2, -0.15) is 26.3 Å². The van der Waals surface area contributed by atoms with Crippen LogP contribution >= 0.6 is 0 Å². The van der Waals surface area contributed by atoms with Crippen LogP contribution in [0.4, 0.5) is 5.69 Å². The van der Waals surface area contributed by atoms with Crippen LogP contribution < -0.4 is 9.64 Å². The van der Waals surface area contributed by atoms with E-state index in [0.717, 1.165) is 101 Å². The second kappa shape index (κ2) is 46.5. The molecule has 0 aliphatic carbocycles. The van der Waals surface area contributed by atoms with Gasteiger partial charge in [-0.25, -0.2) is 0 Å². The quantitative estimate of drug-likeness (QED) is 0.117. The van der Waals surface area contributed by atoms with Crippen LogP contribution in [0.25, 0.3) is 89.8 Å². The third-order valence-electron chi connectivity index (χ3n) is 14.3. The van der Waals surface area contributed by atoms with E-state index in [4.69, 9.17) is 25.8 Å². The molecule has 14 rings (SSSR count). The first-order valence-corrected chi connectivity index (χ1v) is 30.7. The Morgan fingerprint density at radius 3 is 1.18 bits per heavy atom. The number of aromatic nitrogens is 6. The van der Waals surface area contributed by atoms with Gasteiger partial charge in [-0.1, -0.05) is 126 Å². The summed E-state index contributed by atoms with van der Waals surface area (Å²) in [5.41, 5.74) is 18.4. The second-order valence-corrected chi connectivity index (χ2v) is 21.1. The van der Waals surface area contributed by atoms with E-state index in [1.165, 1.54) is 0 Å². The number of methoxy groups -OCH3 is 1. The summed E-state index contributed by atoms with van der Waals surface area (Å²) in [5, 5.41) is 45.0. The summed E-state index contributed by atoms with van der Waals surface area (Å²) in [6, 6.07) is 111. The maximum absolute atomic E-state index is 9.37. The fraction of sp³-hybridized carbons (Fsp3) is 0.0349. The Morgan fingerprint density at radius 2 is 0.731 bits per heavy atom. The molecule has 104 heavy (non-hydrogen) atoms. The molecule has 519 valence electrons. The third kappa shape index (κ3) is 25.5. The van der Waals surface area contributed by atoms with Gasteiger partial charge in [0.05, 0.1) is 37.5 Å². The van der Waals surface area contributed by atoms with E-state index in [0.29, 0.717) is 27.8 Å². The number of nitriles is 5. The summed E-state index contributed by atoms with van der Waals surface area (Å²) in [4.78, 5) is 27.5. The number of hydrogen-bond donors (Lipinski definition) is 0. The molecular weight excluding hydrogens is 2180 g/mol. The average Bonchev–Trinajstić information content (AvgIpc) is 0.823. The van der Waals surface area contributed by atoms with Gasteiger partial charge in [0, 0.05) is 138 Å². The Kier molecular flexibility index (Phi) is 38.1. The van der Waals surface area contributed by atoms with Crippen molar-refractivity contribution in [1.29, 1.82) is 26.3 Å². The van der Waals surface area contributed by atoms with Crippen molar-refractivity contribution in [2.45, 2.75) is 0 Å². The van der Waals surface area contributed by atoms with E-state index >= 15 is 0 Å². The molecule has 8 aromatic carbocycles. The monoisotopic (exact) mass is 2240 g/mol. The van der Waals surface area contributed by atoms with Gasteiger partial charge >= 0.3 is 0 Å². The second-order valence-electron chi connectivity index (χ2n) is 21.1. The van der Waals surface area contributed by atoms with E-state index in [1.54, 1.807) is 117 Å². The summed E-state index contributed by atoms with van der Waals surface area (Å²) in [7, 11) is 5.43. The smallest absolute Gasteiger partial charge is 0.113 e. The van der Waals surface area contributed by atoms with E-state index in [9.17, 15) is 5.26 Å². The number of rotatable bonds is 10. The summed E-state index contributed by atoms with van der Waals surface area (Å²) < 4.78 is 5.11. The van der Waals surface area contributed by atoms with Crippen molar-refractivity contribution in [3.05, 3.63) is 362 Å². The molecule has 0 saturated carbocycles. The molecule has 0 atom stereocenters. The van der Waals surface area contributed by atoms with Crippen molar-refractivity contribution >= 4 is 5.69 Å². The van der Waals surface area contributed by atoms with Crippen molar-refractivity contribution in [2.24, 2.45) is 0 Å². The third-order valence-corrected chi connectivity index (χ3v) is 14.3. The number of ether oxygens (including phenoxy) is 1. The maximum Gasteiger partial charge on any atom is 0.113 e. The number of nitrogens with zero attached hydrogens (tertiary/aromatic N) is 12. The Balaban J connectivity index is 0.000000264. The predicted molar refractivity (Wildman–Crippen MR) is 386 cm³/mol. The summed E-state index contributed by atoms with van der Waals surface area (Å²) >= 11 is 0. The predicted octanol–water partition coefficient (Wildman–Crippen LogP) is 18.0.